The lowest BCUT2D eigenvalue weighted by Gasteiger charge is -2.15. The minimum Gasteiger partial charge on any atom is -0.239 e. The van der Waals surface area contributed by atoms with Crippen molar-refractivity contribution in [2.75, 3.05) is 0 Å². The topological polar surface area (TPSA) is 49.6 Å². The molecule has 2 aromatic carbocycles. The van der Waals surface area contributed by atoms with E-state index in [9.17, 15) is 0 Å². The zero-order valence-corrected chi connectivity index (χ0v) is 14.6. The molecular weight excluding hydrogens is 338 g/mol. The number of nitriles is 1. The van der Waals surface area contributed by atoms with E-state index in [1.807, 2.05) is 36.4 Å². The second-order valence-electron chi connectivity index (χ2n) is 6.30. The second-order valence-corrected chi connectivity index (χ2v) is 7.27. The number of aromatic nitrogens is 2. The number of hydrogen-bond donors (Lipinski definition) is 0. The molecule has 0 radical (unpaired) electrons. The highest BCUT2D eigenvalue weighted by atomic mass is 32.1. The van der Waals surface area contributed by atoms with E-state index in [0.717, 1.165) is 26.6 Å². The van der Waals surface area contributed by atoms with Crippen LogP contribution in [0.4, 0.5) is 0 Å². The van der Waals surface area contributed by atoms with Gasteiger partial charge in [0.2, 0.25) is 0 Å². The Hall–Kier alpha value is -3.29. The molecule has 0 spiro atoms. The van der Waals surface area contributed by atoms with Crippen LogP contribution in [0.25, 0.3) is 20.9 Å². The van der Waals surface area contributed by atoms with Gasteiger partial charge in [-0.1, -0.05) is 66.0 Å². The molecule has 122 valence electrons. The van der Waals surface area contributed by atoms with E-state index in [-0.39, 0.29) is 5.41 Å². The zero-order chi connectivity index (χ0) is 17.6. The third kappa shape index (κ3) is 2.33. The average molecular weight is 351 g/mol. The van der Waals surface area contributed by atoms with Gasteiger partial charge >= 0.3 is 0 Å². The maximum absolute atomic E-state index is 8.94. The van der Waals surface area contributed by atoms with E-state index >= 15 is 0 Å². The maximum Gasteiger partial charge on any atom is 0.144 e. The van der Waals surface area contributed by atoms with Crippen LogP contribution in [0.1, 0.15) is 16.8 Å². The highest BCUT2D eigenvalue weighted by Crippen LogP contribution is 2.44. The maximum atomic E-state index is 8.94. The van der Waals surface area contributed by atoms with E-state index in [0.29, 0.717) is 5.56 Å². The molecule has 2 heterocycles. The molecule has 1 aliphatic carbocycles. The number of hydrogen-bond acceptors (Lipinski definition) is 4. The lowest BCUT2D eigenvalue weighted by molar-refractivity contribution is 0.887. The molecule has 2 aromatic heterocycles. The number of nitrogens with zero attached hydrogens (tertiary/aromatic N) is 3. The molecule has 1 aliphatic rings. The van der Waals surface area contributed by atoms with Crippen LogP contribution in [-0.2, 0) is 5.41 Å². The second kappa shape index (κ2) is 5.62. The highest BCUT2D eigenvalue weighted by Gasteiger charge is 2.39. The van der Waals surface area contributed by atoms with Crippen LogP contribution in [0.2, 0.25) is 0 Å². The summed E-state index contributed by atoms with van der Waals surface area (Å²) >= 11 is 1.58. The van der Waals surface area contributed by atoms with Crippen molar-refractivity contribution in [2.45, 2.75) is 5.41 Å². The molecule has 0 fully saturated rings. The molecule has 4 heteroatoms. The minimum absolute atomic E-state index is 0.173. The number of rotatable bonds is 3. The average Bonchev–Trinajstić information content (AvgIpc) is 3.41. The van der Waals surface area contributed by atoms with Crippen LogP contribution in [0.5, 0.6) is 0 Å². The van der Waals surface area contributed by atoms with Gasteiger partial charge in [-0.25, -0.2) is 9.97 Å². The molecule has 0 unspecified atom stereocenters. The molecule has 0 N–H and O–H groups in total. The SMILES string of the molecule is N#Cc1ccc(-c2nc3ccc(C4(c5ccccc5)C=C4)nc3s2)cc1. The summed E-state index contributed by atoms with van der Waals surface area (Å²) in [5.41, 5.74) is 4.67. The van der Waals surface area contributed by atoms with Crippen LogP contribution >= 0.6 is 11.3 Å². The minimum atomic E-state index is -0.173. The number of pyridine rings is 1. The van der Waals surface area contributed by atoms with Crippen LogP contribution < -0.4 is 0 Å². The Bertz CT molecular complexity index is 1180. The summed E-state index contributed by atoms with van der Waals surface area (Å²) in [5.74, 6) is 0. The Labute approximate surface area is 154 Å². The van der Waals surface area contributed by atoms with Crippen molar-refractivity contribution >= 4 is 21.7 Å². The van der Waals surface area contributed by atoms with E-state index in [2.05, 4.69) is 48.6 Å². The standard InChI is InChI=1S/C22H13N3S/c23-14-15-6-8-16(9-7-15)20-24-18-10-11-19(25-21(18)26-20)22(12-13-22)17-4-2-1-3-5-17/h1-13H. The summed E-state index contributed by atoms with van der Waals surface area (Å²) in [6.07, 6.45) is 4.39. The Balaban J connectivity index is 1.56. The molecule has 4 aromatic rings. The quantitative estimate of drug-likeness (QED) is 0.483. The van der Waals surface area contributed by atoms with Gasteiger partial charge in [0.15, 0.2) is 0 Å². The van der Waals surface area contributed by atoms with Gasteiger partial charge in [-0.15, -0.1) is 0 Å². The first-order valence-corrected chi connectivity index (χ1v) is 9.15. The van der Waals surface area contributed by atoms with Gasteiger partial charge < -0.3 is 0 Å². The molecule has 0 amide bonds. The van der Waals surface area contributed by atoms with Crippen LogP contribution in [0.3, 0.4) is 0 Å². The van der Waals surface area contributed by atoms with Gasteiger partial charge in [0, 0.05) is 5.56 Å². The molecule has 0 saturated carbocycles. The number of fused-ring (bicyclic) bond motifs is 1. The third-order valence-electron chi connectivity index (χ3n) is 4.69. The van der Waals surface area contributed by atoms with Crippen molar-refractivity contribution in [3.8, 4) is 16.6 Å². The van der Waals surface area contributed by atoms with Crippen molar-refractivity contribution < 1.29 is 0 Å². The smallest absolute Gasteiger partial charge is 0.144 e. The van der Waals surface area contributed by atoms with E-state index < -0.39 is 0 Å². The summed E-state index contributed by atoms with van der Waals surface area (Å²) in [7, 11) is 0. The Morgan fingerprint density at radius 2 is 1.62 bits per heavy atom. The van der Waals surface area contributed by atoms with Crippen molar-refractivity contribution in [2.24, 2.45) is 0 Å². The van der Waals surface area contributed by atoms with E-state index in [4.69, 9.17) is 15.2 Å². The first kappa shape index (κ1) is 15.0. The summed E-state index contributed by atoms with van der Waals surface area (Å²) < 4.78 is 0. The number of thiazole rings is 1. The van der Waals surface area contributed by atoms with E-state index in [1.165, 1.54) is 5.56 Å². The van der Waals surface area contributed by atoms with Gasteiger partial charge in [-0.2, -0.15) is 5.26 Å². The highest BCUT2D eigenvalue weighted by molar-refractivity contribution is 7.21. The fourth-order valence-corrected chi connectivity index (χ4v) is 4.11. The van der Waals surface area contributed by atoms with Crippen LogP contribution in [0.15, 0.2) is 78.9 Å². The Morgan fingerprint density at radius 1 is 0.846 bits per heavy atom. The first-order valence-electron chi connectivity index (χ1n) is 8.33. The molecule has 0 bridgehead atoms. The third-order valence-corrected chi connectivity index (χ3v) is 5.71. The predicted molar refractivity (Wildman–Crippen MR) is 104 cm³/mol. The van der Waals surface area contributed by atoms with Crippen LogP contribution in [0, 0.1) is 11.3 Å². The Morgan fingerprint density at radius 3 is 2.31 bits per heavy atom. The van der Waals surface area contributed by atoms with Gasteiger partial charge in [0.05, 0.1) is 22.7 Å². The first-order chi connectivity index (χ1) is 12.8. The Kier molecular flexibility index (Phi) is 3.24. The summed E-state index contributed by atoms with van der Waals surface area (Å²) in [4.78, 5) is 10.6. The largest absolute Gasteiger partial charge is 0.239 e. The lowest BCUT2D eigenvalue weighted by atomic mass is 9.89. The number of allylic oxidation sites excluding steroid dienone is 2. The van der Waals surface area contributed by atoms with Gasteiger partial charge in [0.1, 0.15) is 15.4 Å². The molecule has 3 nitrogen and oxygen atoms in total. The van der Waals surface area contributed by atoms with Crippen molar-refractivity contribution in [3.63, 3.8) is 0 Å². The predicted octanol–water partition coefficient (Wildman–Crippen LogP) is 5.09. The van der Waals surface area contributed by atoms with Crippen molar-refractivity contribution in [1.82, 2.24) is 9.97 Å². The fourth-order valence-electron chi connectivity index (χ4n) is 3.17. The van der Waals surface area contributed by atoms with Gasteiger partial charge in [-0.3, -0.25) is 0 Å². The summed E-state index contributed by atoms with van der Waals surface area (Å²) in [5, 5.41) is 9.86. The van der Waals surface area contributed by atoms with Gasteiger partial charge in [0.25, 0.3) is 0 Å². The van der Waals surface area contributed by atoms with E-state index in [1.54, 1.807) is 11.3 Å². The molecule has 0 aliphatic heterocycles. The van der Waals surface area contributed by atoms with Crippen molar-refractivity contribution in [1.29, 1.82) is 5.26 Å². The lowest BCUT2D eigenvalue weighted by Crippen LogP contribution is -2.12. The van der Waals surface area contributed by atoms with Crippen molar-refractivity contribution in [3.05, 3.63) is 95.7 Å². The molecule has 5 rings (SSSR count). The molecule has 26 heavy (non-hydrogen) atoms. The molecule has 0 atom stereocenters. The summed E-state index contributed by atoms with van der Waals surface area (Å²) in [6, 6.07) is 24.2. The molecule has 0 saturated heterocycles. The van der Waals surface area contributed by atoms with Gasteiger partial charge in [-0.05, 0) is 29.8 Å². The normalized spacial score (nSPS) is 14.3. The van der Waals surface area contributed by atoms with Crippen LogP contribution in [-0.4, -0.2) is 9.97 Å². The number of benzene rings is 2. The molecular formula is C22H13N3S. The summed E-state index contributed by atoms with van der Waals surface area (Å²) in [6.45, 7) is 0. The monoisotopic (exact) mass is 351 g/mol. The fraction of sp³-hybridized carbons (Fsp3) is 0.0455. The zero-order valence-electron chi connectivity index (χ0n) is 13.8.